The molecule has 92 valence electrons. The normalized spacial score (nSPS) is 10.2. The third kappa shape index (κ3) is 3.21. The Kier molecular flexibility index (Phi) is 3.78. The summed E-state index contributed by atoms with van der Waals surface area (Å²) in [6, 6.07) is 10.2. The maximum atomic E-state index is 10.6. The first-order valence-corrected chi connectivity index (χ1v) is 6.21. The van der Waals surface area contributed by atoms with Gasteiger partial charge in [-0.05, 0) is 17.7 Å². The van der Waals surface area contributed by atoms with Crippen LogP contribution in [0.1, 0.15) is 5.56 Å². The summed E-state index contributed by atoms with van der Waals surface area (Å²) in [5.41, 5.74) is 6.51. The molecule has 2 N–H and O–H groups in total. The number of rotatable bonds is 4. The van der Waals surface area contributed by atoms with Crippen molar-refractivity contribution >= 4 is 23.3 Å². The van der Waals surface area contributed by atoms with Crippen LogP contribution in [0.15, 0.2) is 47.5 Å². The number of aromatic nitrogens is 1. The molecule has 1 heterocycles. The Bertz CT molecular complexity index is 558. The van der Waals surface area contributed by atoms with E-state index in [1.54, 1.807) is 36.2 Å². The Morgan fingerprint density at radius 1 is 1.33 bits per heavy atom. The number of non-ortho nitro benzene ring substituents is 1. The lowest BCUT2D eigenvalue weighted by Gasteiger charge is -2.02. The Labute approximate surface area is 108 Å². The smallest absolute Gasteiger partial charge is 0.269 e. The molecule has 5 nitrogen and oxygen atoms in total. The van der Waals surface area contributed by atoms with E-state index in [0.29, 0.717) is 11.6 Å². The number of nitrogens with zero attached hydrogens (tertiary/aromatic N) is 2. The Balaban J connectivity index is 2.04. The molecule has 0 unspecified atom stereocenters. The van der Waals surface area contributed by atoms with Gasteiger partial charge in [-0.3, -0.25) is 10.1 Å². The summed E-state index contributed by atoms with van der Waals surface area (Å²) in [7, 11) is 0. The van der Waals surface area contributed by atoms with E-state index in [1.165, 1.54) is 6.07 Å². The predicted octanol–water partition coefficient (Wildman–Crippen LogP) is 2.86. The highest BCUT2D eigenvalue weighted by Gasteiger charge is 2.05. The van der Waals surface area contributed by atoms with Gasteiger partial charge in [0.15, 0.2) is 0 Å². The van der Waals surface area contributed by atoms with Crippen molar-refractivity contribution in [3.63, 3.8) is 0 Å². The van der Waals surface area contributed by atoms with Gasteiger partial charge in [0.2, 0.25) is 0 Å². The second-order valence-electron chi connectivity index (χ2n) is 3.63. The van der Waals surface area contributed by atoms with Gasteiger partial charge in [-0.2, -0.15) is 0 Å². The molecule has 0 spiro atoms. The fourth-order valence-corrected chi connectivity index (χ4v) is 2.21. The number of nitro benzene ring substituents is 1. The highest BCUT2D eigenvalue weighted by Crippen LogP contribution is 2.24. The number of nitrogen functional groups attached to an aromatic ring is 1. The summed E-state index contributed by atoms with van der Waals surface area (Å²) in [5.74, 6) is 1.14. The lowest BCUT2D eigenvalue weighted by atomic mass is 10.2. The number of thioether (sulfide) groups is 1. The van der Waals surface area contributed by atoms with Crippen LogP contribution in [0.3, 0.4) is 0 Å². The number of nitrogens with two attached hydrogens (primary N) is 1. The predicted molar refractivity (Wildman–Crippen MR) is 71.3 cm³/mol. The lowest BCUT2D eigenvalue weighted by molar-refractivity contribution is -0.384. The maximum absolute atomic E-state index is 10.6. The zero-order chi connectivity index (χ0) is 13.0. The summed E-state index contributed by atoms with van der Waals surface area (Å²) in [6.45, 7) is 0. The van der Waals surface area contributed by atoms with Gasteiger partial charge >= 0.3 is 0 Å². The molecule has 2 aromatic rings. The van der Waals surface area contributed by atoms with Gasteiger partial charge in [0.1, 0.15) is 5.82 Å². The number of benzene rings is 1. The average molecular weight is 261 g/mol. The SMILES string of the molecule is Nc1ccc(SCc2cccc([N+](=O)[O-])c2)cn1. The van der Waals surface area contributed by atoms with Crippen LogP contribution in [0.4, 0.5) is 11.5 Å². The molecule has 0 radical (unpaired) electrons. The molecule has 2 rings (SSSR count). The van der Waals surface area contributed by atoms with E-state index in [9.17, 15) is 10.1 Å². The van der Waals surface area contributed by atoms with Crippen molar-refractivity contribution in [2.24, 2.45) is 0 Å². The van der Waals surface area contributed by atoms with Crippen LogP contribution in [0, 0.1) is 10.1 Å². The summed E-state index contributed by atoms with van der Waals surface area (Å²) >= 11 is 1.56. The second kappa shape index (κ2) is 5.50. The third-order valence-electron chi connectivity index (χ3n) is 2.29. The standard InChI is InChI=1S/C12H11N3O2S/c13-12-5-4-11(7-14-12)18-8-9-2-1-3-10(6-9)15(16)17/h1-7H,8H2,(H2,13,14). The number of hydrogen-bond acceptors (Lipinski definition) is 5. The van der Waals surface area contributed by atoms with Crippen LogP contribution < -0.4 is 5.73 Å². The highest BCUT2D eigenvalue weighted by molar-refractivity contribution is 7.98. The topological polar surface area (TPSA) is 82.0 Å². The number of hydrogen-bond donors (Lipinski definition) is 1. The van der Waals surface area contributed by atoms with E-state index in [1.807, 2.05) is 12.1 Å². The van der Waals surface area contributed by atoms with Crippen molar-refractivity contribution in [3.8, 4) is 0 Å². The molecule has 0 atom stereocenters. The van der Waals surface area contributed by atoms with Gasteiger partial charge in [-0.15, -0.1) is 11.8 Å². The monoisotopic (exact) mass is 261 g/mol. The Morgan fingerprint density at radius 3 is 2.83 bits per heavy atom. The van der Waals surface area contributed by atoms with Crippen LogP contribution in [0.5, 0.6) is 0 Å². The number of pyridine rings is 1. The average Bonchev–Trinajstić information content (AvgIpc) is 2.38. The summed E-state index contributed by atoms with van der Waals surface area (Å²) in [6.07, 6.45) is 1.69. The maximum Gasteiger partial charge on any atom is 0.269 e. The van der Waals surface area contributed by atoms with Gasteiger partial charge < -0.3 is 5.73 Å². The van der Waals surface area contributed by atoms with Crippen LogP contribution in [-0.2, 0) is 5.75 Å². The van der Waals surface area contributed by atoms with Crippen LogP contribution in [0.2, 0.25) is 0 Å². The Morgan fingerprint density at radius 2 is 2.17 bits per heavy atom. The largest absolute Gasteiger partial charge is 0.384 e. The third-order valence-corrected chi connectivity index (χ3v) is 3.34. The number of nitro groups is 1. The van der Waals surface area contributed by atoms with E-state index >= 15 is 0 Å². The van der Waals surface area contributed by atoms with Crippen molar-refractivity contribution in [1.82, 2.24) is 4.98 Å². The minimum Gasteiger partial charge on any atom is -0.384 e. The molecule has 0 aliphatic rings. The fraction of sp³-hybridized carbons (Fsp3) is 0.0833. The van der Waals surface area contributed by atoms with Crippen molar-refractivity contribution in [3.05, 3.63) is 58.3 Å². The van der Waals surface area contributed by atoms with Crippen molar-refractivity contribution < 1.29 is 4.92 Å². The Hall–Kier alpha value is -2.08. The van der Waals surface area contributed by atoms with E-state index < -0.39 is 0 Å². The number of anilines is 1. The van der Waals surface area contributed by atoms with Gasteiger partial charge in [0.05, 0.1) is 4.92 Å². The first-order valence-electron chi connectivity index (χ1n) is 5.23. The minimum atomic E-state index is -0.390. The molecule has 0 aliphatic carbocycles. The van der Waals surface area contributed by atoms with Crippen molar-refractivity contribution in [2.75, 3.05) is 5.73 Å². The molecule has 0 saturated carbocycles. The van der Waals surface area contributed by atoms with Crippen LogP contribution >= 0.6 is 11.8 Å². The lowest BCUT2D eigenvalue weighted by Crippen LogP contribution is -1.90. The zero-order valence-electron chi connectivity index (χ0n) is 9.45. The molecule has 0 saturated heterocycles. The molecular weight excluding hydrogens is 250 g/mol. The fourth-order valence-electron chi connectivity index (χ4n) is 1.40. The molecule has 6 heteroatoms. The van der Waals surface area contributed by atoms with Crippen LogP contribution in [-0.4, -0.2) is 9.91 Å². The molecule has 0 bridgehead atoms. The molecule has 18 heavy (non-hydrogen) atoms. The zero-order valence-corrected chi connectivity index (χ0v) is 10.3. The quantitative estimate of drug-likeness (QED) is 0.520. The van der Waals surface area contributed by atoms with Crippen LogP contribution in [0.25, 0.3) is 0 Å². The molecule has 0 aliphatic heterocycles. The van der Waals surface area contributed by atoms with Crippen molar-refractivity contribution in [1.29, 1.82) is 0 Å². The molecule has 0 amide bonds. The molecule has 0 fully saturated rings. The summed E-state index contributed by atoms with van der Waals surface area (Å²) in [5, 5.41) is 10.6. The van der Waals surface area contributed by atoms with Gasteiger partial charge in [-0.1, -0.05) is 12.1 Å². The van der Waals surface area contributed by atoms with Gasteiger partial charge in [-0.25, -0.2) is 4.98 Å². The molecule has 1 aromatic carbocycles. The summed E-state index contributed by atoms with van der Waals surface area (Å²) < 4.78 is 0. The second-order valence-corrected chi connectivity index (χ2v) is 4.68. The first-order chi connectivity index (χ1) is 8.65. The summed E-state index contributed by atoms with van der Waals surface area (Å²) in [4.78, 5) is 15.2. The molecular formula is C12H11N3O2S. The van der Waals surface area contributed by atoms with E-state index in [2.05, 4.69) is 4.98 Å². The van der Waals surface area contributed by atoms with Crippen molar-refractivity contribution in [2.45, 2.75) is 10.6 Å². The highest BCUT2D eigenvalue weighted by atomic mass is 32.2. The first kappa shape index (κ1) is 12.4. The van der Waals surface area contributed by atoms with Gasteiger partial charge in [0, 0.05) is 29.0 Å². The minimum absolute atomic E-state index is 0.114. The van der Waals surface area contributed by atoms with E-state index in [-0.39, 0.29) is 10.6 Å². The van der Waals surface area contributed by atoms with Gasteiger partial charge in [0.25, 0.3) is 5.69 Å². The molecule has 1 aromatic heterocycles. The van der Waals surface area contributed by atoms with E-state index in [4.69, 9.17) is 5.73 Å². The van der Waals surface area contributed by atoms with E-state index in [0.717, 1.165) is 10.5 Å².